The van der Waals surface area contributed by atoms with E-state index in [4.69, 9.17) is 0 Å². The maximum Gasteiger partial charge on any atom is 0.417 e. The van der Waals surface area contributed by atoms with Crippen LogP contribution in [-0.4, -0.2) is 23.0 Å². The van der Waals surface area contributed by atoms with Crippen LogP contribution in [0.1, 0.15) is 16.7 Å². The van der Waals surface area contributed by atoms with Crippen molar-refractivity contribution in [3.8, 4) is 0 Å². The molecule has 0 bridgehead atoms. The summed E-state index contributed by atoms with van der Waals surface area (Å²) in [4.78, 5) is 27.0. The highest BCUT2D eigenvalue weighted by Gasteiger charge is 2.32. The van der Waals surface area contributed by atoms with Crippen LogP contribution in [0.2, 0.25) is 0 Å². The van der Waals surface area contributed by atoms with E-state index in [0.29, 0.717) is 5.56 Å². The van der Waals surface area contributed by atoms with Gasteiger partial charge in [-0.25, -0.2) is 5.43 Å². The maximum atomic E-state index is 12.8. The van der Waals surface area contributed by atoms with Gasteiger partial charge < -0.3 is 5.32 Å². The summed E-state index contributed by atoms with van der Waals surface area (Å²) in [6, 6.07) is 8.11. The normalized spacial score (nSPS) is 11.3. The van der Waals surface area contributed by atoms with Gasteiger partial charge in [0.05, 0.1) is 11.8 Å². The molecule has 6 nitrogen and oxygen atoms in total. The third-order valence-electron chi connectivity index (χ3n) is 3.02. The largest absolute Gasteiger partial charge is 0.417 e. The SMILES string of the molecule is O=C(NCc1cccnc1)C(=O)N/N=C\c1ccccc1C(F)(F)F. The van der Waals surface area contributed by atoms with Crippen LogP contribution in [0.25, 0.3) is 0 Å². The lowest BCUT2D eigenvalue weighted by atomic mass is 10.1. The number of aromatic nitrogens is 1. The van der Waals surface area contributed by atoms with Gasteiger partial charge in [-0.3, -0.25) is 14.6 Å². The van der Waals surface area contributed by atoms with E-state index < -0.39 is 23.6 Å². The smallest absolute Gasteiger partial charge is 0.344 e. The number of hydrazone groups is 1. The molecule has 25 heavy (non-hydrogen) atoms. The standard InChI is InChI=1S/C16H13F3N4O2/c17-16(18,19)13-6-2-1-5-12(13)10-22-23-15(25)14(24)21-9-11-4-3-7-20-8-11/h1-8,10H,9H2,(H,21,24)(H,23,25)/b22-10-. The van der Waals surface area contributed by atoms with Crippen molar-refractivity contribution in [1.82, 2.24) is 15.7 Å². The van der Waals surface area contributed by atoms with Gasteiger partial charge in [0.25, 0.3) is 0 Å². The van der Waals surface area contributed by atoms with Gasteiger partial charge in [-0.05, 0) is 17.7 Å². The van der Waals surface area contributed by atoms with E-state index in [1.54, 1.807) is 18.3 Å². The second kappa shape index (κ2) is 8.04. The predicted octanol–water partition coefficient (Wildman–Crippen LogP) is 1.87. The second-order valence-electron chi connectivity index (χ2n) is 4.83. The lowest BCUT2D eigenvalue weighted by Crippen LogP contribution is -2.37. The number of pyridine rings is 1. The zero-order valence-corrected chi connectivity index (χ0v) is 12.7. The number of hydrogen-bond acceptors (Lipinski definition) is 4. The van der Waals surface area contributed by atoms with Crippen molar-refractivity contribution in [2.45, 2.75) is 12.7 Å². The number of alkyl halides is 3. The molecule has 1 heterocycles. The lowest BCUT2D eigenvalue weighted by molar-refractivity contribution is -0.139. The van der Waals surface area contributed by atoms with Crippen molar-refractivity contribution in [3.05, 3.63) is 65.5 Å². The lowest BCUT2D eigenvalue weighted by Gasteiger charge is -2.09. The molecule has 0 atom stereocenters. The van der Waals surface area contributed by atoms with Crippen LogP contribution in [0.15, 0.2) is 53.9 Å². The van der Waals surface area contributed by atoms with Crippen molar-refractivity contribution in [2.75, 3.05) is 0 Å². The molecule has 0 aliphatic carbocycles. The number of carbonyl (C=O) groups excluding carboxylic acids is 2. The molecule has 0 radical (unpaired) electrons. The summed E-state index contributed by atoms with van der Waals surface area (Å²) in [7, 11) is 0. The monoisotopic (exact) mass is 350 g/mol. The second-order valence-corrected chi connectivity index (χ2v) is 4.83. The number of nitrogens with one attached hydrogen (secondary N) is 2. The van der Waals surface area contributed by atoms with Gasteiger partial charge in [-0.2, -0.15) is 18.3 Å². The van der Waals surface area contributed by atoms with Gasteiger partial charge in [0.1, 0.15) is 0 Å². The van der Waals surface area contributed by atoms with Crippen molar-refractivity contribution >= 4 is 18.0 Å². The summed E-state index contributed by atoms with van der Waals surface area (Å²) in [5.74, 6) is -2.06. The first kappa shape index (κ1) is 18.1. The first-order valence-corrected chi connectivity index (χ1v) is 7.04. The fourth-order valence-corrected chi connectivity index (χ4v) is 1.84. The molecule has 9 heteroatoms. The van der Waals surface area contributed by atoms with Gasteiger partial charge in [0, 0.05) is 24.5 Å². The Bertz CT molecular complexity index is 776. The maximum absolute atomic E-state index is 12.8. The zero-order chi connectivity index (χ0) is 18.3. The fourth-order valence-electron chi connectivity index (χ4n) is 1.84. The van der Waals surface area contributed by atoms with Gasteiger partial charge in [0.2, 0.25) is 0 Å². The third kappa shape index (κ3) is 5.41. The number of benzene rings is 1. The topological polar surface area (TPSA) is 83.5 Å². The molecule has 1 aromatic carbocycles. The van der Waals surface area contributed by atoms with Crippen LogP contribution < -0.4 is 10.7 Å². The molecule has 0 aliphatic heterocycles. The summed E-state index contributed by atoms with van der Waals surface area (Å²) < 4.78 is 38.4. The Morgan fingerprint density at radius 1 is 1.12 bits per heavy atom. The van der Waals surface area contributed by atoms with E-state index in [1.165, 1.54) is 24.4 Å². The molecule has 0 fully saturated rings. The van der Waals surface area contributed by atoms with Crippen LogP contribution in [-0.2, 0) is 22.3 Å². The molecule has 0 saturated carbocycles. The Labute approximate surface area is 140 Å². The molecule has 0 unspecified atom stereocenters. The number of rotatable bonds is 4. The summed E-state index contributed by atoms with van der Waals surface area (Å²) >= 11 is 0. The molecule has 130 valence electrons. The van der Waals surface area contributed by atoms with Crippen molar-refractivity contribution in [3.63, 3.8) is 0 Å². The quantitative estimate of drug-likeness (QED) is 0.502. The van der Waals surface area contributed by atoms with E-state index in [-0.39, 0.29) is 12.1 Å². The Morgan fingerprint density at radius 2 is 1.88 bits per heavy atom. The highest BCUT2D eigenvalue weighted by Crippen LogP contribution is 2.30. The van der Waals surface area contributed by atoms with E-state index in [2.05, 4.69) is 15.4 Å². The molecule has 2 aromatic rings. The van der Waals surface area contributed by atoms with Crippen LogP contribution >= 0.6 is 0 Å². The molecule has 0 spiro atoms. The predicted molar refractivity (Wildman–Crippen MR) is 83.3 cm³/mol. The van der Waals surface area contributed by atoms with Crippen LogP contribution in [0.5, 0.6) is 0 Å². The minimum atomic E-state index is -4.55. The summed E-state index contributed by atoms with van der Waals surface area (Å²) in [5, 5.41) is 5.73. The van der Waals surface area contributed by atoms with E-state index >= 15 is 0 Å². The Hall–Kier alpha value is -3.23. The van der Waals surface area contributed by atoms with Crippen molar-refractivity contribution in [2.24, 2.45) is 5.10 Å². The minimum Gasteiger partial charge on any atom is -0.344 e. The zero-order valence-electron chi connectivity index (χ0n) is 12.7. The van der Waals surface area contributed by atoms with E-state index in [1.807, 2.05) is 5.43 Å². The number of nitrogens with zero attached hydrogens (tertiary/aromatic N) is 2. The van der Waals surface area contributed by atoms with E-state index in [9.17, 15) is 22.8 Å². The molecule has 2 N–H and O–H groups in total. The highest BCUT2D eigenvalue weighted by atomic mass is 19.4. The fraction of sp³-hybridized carbons (Fsp3) is 0.125. The third-order valence-corrected chi connectivity index (χ3v) is 3.02. The molecule has 1 aromatic heterocycles. The molecular weight excluding hydrogens is 337 g/mol. The molecule has 0 aliphatic rings. The minimum absolute atomic E-state index is 0.0840. The van der Waals surface area contributed by atoms with Crippen LogP contribution in [0.4, 0.5) is 13.2 Å². The molecule has 2 rings (SSSR count). The van der Waals surface area contributed by atoms with Crippen LogP contribution in [0, 0.1) is 0 Å². The summed E-state index contributed by atoms with van der Waals surface area (Å²) in [6.07, 6.45) is -0.640. The van der Waals surface area contributed by atoms with Crippen molar-refractivity contribution in [1.29, 1.82) is 0 Å². The Morgan fingerprint density at radius 3 is 2.56 bits per heavy atom. The molecular formula is C16H13F3N4O2. The number of carbonyl (C=O) groups is 2. The first-order valence-electron chi connectivity index (χ1n) is 7.04. The summed E-state index contributed by atoms with van der Waals surface area (Å²) in [5.41, 5.74) is 1.44. The molecule has 0 saturated heterocycles. The van der Waals surface area contributed by atoms with Crippen LogP contribution in [0.3, 0.4) is 0 Å². The molecule has 2 amide bonds. The Balaban J connectivity index is 1.91. The average molecular weight is 350 g/mol. The average Bonchev–Trinajstić information content (AvgIpc) is 2.60. The first-order chi connectivity index (χ1) is 11.9. The van der Waals surface area contributed by atoms with E-state index in [0.717, 1.165) is 12.3 Å². The van der Waals surface area contributed by atoms with Gasteiger partial charge in [-0.15, -0.1) is 0 Å². The van der Waals surface area contributed by atoms with Gasteiger partial charge >= 0.3 is 18.0 Å². The summed E-state index contributed by atoms with van der Waals surface area (Å²) in [6.45, 7) is 0.0840. The van der Waals surface area contributed by atoms with Gasteiger partial charge in [0.15, 0.2) is 0 Å². The Kier molecular flexibility index (Phi) is 5.83. The highest BCUT2D eigenvalue weighted by molar-refractivity contribution is 6.35. The van der Waals surface area contributed by atoms with Gasteiger partial charge in [-0.1, -0.05) is 24.3 Å². The number of halogens is 3. The van der Waals surface area contributed by atoms with Crippen molar-refractivity contribution < 1.29 is 22.8 Å². The number of hydrogen-bond donors (Lipinski definition) is 2. The number of amides is 2.